The molecule has 0 unspecified atom stereocenters. The molecule has 3 aromatic heterocycles. The number of benzene rings is 1. The fraction of sp³-hybridized carbons (Fsp3) is 0.158. The first-order valence-corrected chi connectivity index (χ1v) is 8.08. The summed E-state index contributed by atoms with van der Waals surface area (Å²) in [5, 5.41) is 4.48. The molecule has 0 N–H and O–H groups in total. The van der Waals surface area contributed by atoms with Crippen LogP contribution in [0.15, 0.2) is 42.6 Å². The molecule has 1 aromatic carbocycles. The fourth-order valence-corrected chi connectivity index (χ4v) is 2.78. The molecule has 3 heterocycles. The second kappa shape index (κ2) is 5.98. The van der Waals surface area contributed by atoms with Gasteiger partial charge in [-0.05, 0) is 32.1 Å². The number of aromatic nitrogens is 6. The number of imidazole rings is 1. The molecule has 0 aliphatic carbocycles. The minimum atomic E-state index is 0.613. The van der Waals surface area contributed by atoms with Crippen LogP contribution in [-0.2, 0) is 7.05 Å². The normalized spacial score (nSPS) is 11.6. The van der Waals surface area contributed by atoms with Gasteiger partial charge in [-0.1, -0.05) is 30.3 Å². The van der Waals surface area contributed by atoms with E-state index >= 15 is 0 Å². The third kappa shape index (κ3) is 2.94. The average Bonchev–Trinajstić information content (AvgIpc) is 3.17. The molecule has 4 rings (SSSR count). The third-order valence-corrected chi connectivity index (χ3v) is 4.00. The molecule has 0 saturated carbocycles. The van der Waals surface area contributed by atoms with Crippen molar-refractivity contribution in [2.24, 2.45) is 7.05 Å². The number of aryl methyl sites for hydroxylation is 3. The van der Waals surface area contributed by atoms with Gasteiger partial charge in [0.25, 0.3) is 5.78 Å². The van der Waals surface area contributed by atoms with E-state index in [1.165, 1.54) is 0 Å². The van der Waals surface area contributed by atoms with Crippen LogP contribution in [0.3, 0.4) is 0 Å². The van der Waals surface area contributed by atoms with Crippen molar-refractivity contribution in [1.29, 1.82) is 0 Å². The maximum absolute atomic E-state index is 4.68. The van der Waals surface area contributed by atoms with Crippen molar-refractivity contribution in [1.82, 2.24) is 29.1 Å². The first-order chi connectivity index (χ1) is 12.1. The molecular formula is C19H18N6. The van der Waals surface area contributed by atoms with Crippen molar-refractivity contribution < 1.29 is 0 Å². The number of hydrogen-bond acceptors (Lipinski definition) is 4. The summed E-state index contributed by atoms with van der Waals surface area (Å²) >= 11 is 0. The largest absolute Gasteiger partial charge is 0.334 e. The summed E-state index contributed by atoms with van der Waals surface area (Å²) in [6, 6.07) is 12.1. The molecule has 0 spiro atoms. The van der Waals surface area contributed by atoms with Gasteiger partial charge in [0.2, 0.25) is 0 Å². The molecule has 0 amide bonds. The minimum absolute atomic E-state index is 0.613. The van der Waals surface area contributed by atoms with E-state index in [0.717, 1.165) is 28.5 Å². The van der Waals surface area contributed by atoms with Crippen LogP contribution in [0.1, 0.15) is 23.0 Å². The quantitative estimate of drug-likeness (QED) is 0.578. The molecular weight excluding hydrogens is 312 g/mol. The predicted molar refractivity (Wildman–Crippen MR) is 97.8 cm³/mol. The van der Waals surface area contributed by atoms with Crippen molar-refractivity contribution >= 4 is 17.9 Å². The second-order valence-electron chi connectivity index (χ2n) is 6.02. The highest BCUT2D eigenvalue weighted by Crippen LogP contribution is 2.18. The predicted octanol–water partition coefficient (Wildman–Crippen LogP) is 3.31. The Morgan fingerprint density at radius 1 is 0.960 bits per heavy atom. The van der Waals surface area contributed by atoms with Crippen LogP contribution in [0.2, 0.25) is 0 Å². The number of fused-ring (bicyclic) bond motifs is 1. The second-order valence-corrected chi connectivity index (χ2v) is 6.02. The third-order valence-electron chi connectivity index (χ3n) is 4.00. The van der Waals surface area contributed by atoms with E-state index in [9.17, 15) is 0 Å². The molecule has 0 aliphatic rings. The van der Waals surface area contributed by atoms with Gasteiger partial charge < -0.3 is 4.57 Å². The summed E-state index contributed by atoms with van der Waals surface area (Å²) in [5.74, 6) is 2.07. The maximum atomic E-state index is 4.68. The summed E-state index contributed by atoms with van der Waals surface area (Å²) in [4.78, 5) is 13.5. The van der Waals surface area contributed by atoms with E-state index in [1.807, 2.05) is 68.1 Å². The lowest BCUT2D eigenvalue weighted by molar-refractivity contribution is 0.881. The minimum Gasteiger partial charge on any atom is -0.334 e. The summed E-state index contributed by atoms with van der Waals surface area (Å²) < 4.78 is 3.74. The van der Waals surface area contributed by atoms with Gasteiger partial charge in [-0.25, -0.2) is 14.5 Å². The van der Waals surface area contributed by atoms with Crippen LogP contribution < -0.4 is 0 Å². The van der Waals surface area contributed by atoms with Crippen molar-refractivity contribution in [3.8, 4) is 11.3 Å². The lowest BCUT2D eigenvalue weighted by atomic mass is 10.2. The standard InChI is InChI=1S/C19H18N6/c1-13-11-14(2)25-19(20-13)22-17(23-25)9-10-18-21-16(12-24(18)3)15-7-5-4-6-8-15/h4-12H,1-3H3/b10-9+. The summed E-state index contributed by atoms with van der Waals surface area (Å²) in [5.41, 5.74) is 3.99. The molecule has 4 aromatic rings. The van der Waals surface area contributed by atoms with E-state index in [1.54, 1.807) is 4.52 Å². The van der Waals surface area contributed by atoms with Gasteiger partial charge in [-0.15, -0.1) is 5.10 Å². The van der Waals surface area contributed by atoms with E-state index in [-0.39, 0.29) is 0 Å². The van der Waals surface area contributed by atoms with E-state index in [0.29, 0.717) is 11.6 Å². The number of nitrogens with zero attached hydrogens (tertiary/aromatic N) is 6. The molecule has 0 saturated heterocycles. The van der Waals surface area contributed by atoms with Crippen molar-refractivity contribution in [3.63, 3.8) is 0 Å². The fourth-order valence-electron chi connectivity index (χ4n) is 2.78. The zero-order valence-corrected chi connectivity index (χ0v) is 14.4. The number of hydrogen-bond donors (Lipinski definition) is 0. The Balaban J connectivity index is 1.66. The van der Waals surface area contributed by atoms with Gasteiger partial charge in [-0.3, -0.25) is 0 Å². The van der Waals surface area contributed by atoms with Gasteiger partial charge in [0.15, 0.2) is 5.82 Å². The zero-order chi connectivity index (χ0) is 17.4. The van der Waals surface area contributed by atoms with Crippen molar-refractivity contribution in [3.05, 3.63) is 65.6 Å². The Morgan fingerprint density at radius 2 is 1.76 bits per heavy atom. The number of rotatable bonds is 3. The molecule has 6 heteroatoms. The highest BCUT2D eigenvalue weighted by molar-refractivity contribution is 5.67. The smallest absolute Gasteiger partial charge is 0.253 e. The van der Waals surface area contributed by atoms with Crippen LogP contribution in [0.25, 0.3) is 29.2 Å². The van der Waals surface area contributed by atoms with Gasteiger partial charge in [-0.2, -0.15) is 4.98 Å². The highest BCUT2D eigenvalue weighted by atomic mass is 15.3. The molecule has 0 fully saturated rings. The molecule has 0 radical (unpaired) electrons. The molecule has 25 heavy (non-hydrogen) atoms. The molecule has 0 atom stereocenters. The van der Waals surface area contributed by atoms with Crippen molar-refractivity contribution in [2.75, 3.05) is 0 Å². The lowest BCUT2D eigenvalue weighted by Crippen LogP contribution is -1.97. The lowest BCUT2D eigenvalue weighted by Gasteiger charge is -1.97. The Labute approximate surface area is 145 Å². The zero-order valence-electron chi connectivity index (χ0n) is 14.4. The summed E-state index contributed by atoms with van der Waals surface area (Å²) in [6.45, 7) is 3.95. The first-order valence-electron chi connectivity index (χ1n) is 8.08. The van der Waals surface area contributed by atoms with Gasteiger partial charge in [0.1, 0.15) is 5.82 Å². The van der Waals surface area contributed by atoms with Crippen LogP contribution in [0.5, 0.6) is 0 Å². The average molecular weight is 330 g/mol. The van der Waals surface area contributed by atoms with Crippen LogP contribution in [0.4, 0.5) is 0 Å². The van der Waals surface area contributed by atoms with Crippen LogP contribution >= 0.6 is 0 Å². The van der Waals surface area contributed by atoms with E-state index in [2.05, 4.69) is 32.2 Å². The maximum Gasteiger partial charge on any atom is 0.253 e. The molecule has 6 nitrogen and oxygen atoms in total. The Hall–Kier alpha value is -3.28. The summed E-state index contributed by atoms with van der Waals surface area (Å²) in [6.07, 6.45) is 5.80. The van der Waals surface area contributed by atoms with Crippen molar-refractivity contribution in [2.45, 2.75) is 13.8 Å². The highest BCUT2D eigenvalue weighted by Gasteiger charge is 2.07. The van der Waals surface area contributed by atoms with Gasteiger partial charge in [0.05, 0.1) is 5.69 Å². The van der Waals surface area contributed by atoms with E-state index in [4.69, 9.17) is 0 Å². The monoisotopic (exact) mass is 330 g/mol. The SMILES string of the molecule is Cc1cc(C)n2nc(/C=C/c3nc(-c4ccccc4)cn3C)nc2n1. The first kappa shape index (κ1) is 15.3. The molecule has 124 valence electrons. The van der Waals surface area contributed by atoms with Gasteiger partial charge in [0, 0.05) is 30.2 Å². The topological polar surface area (TPSA) is 60.9 Å². The van der Waals surface area contributed by atoms with Crippen LogP contribution in [0, 0.1) is 13.8 Å². The molecule has 0 bridgehead atoms. The Bertz CT molecular complexity index is 1070. The van der Waals surface area contributed by atoms with E-state index < -0.39 is 0 Å². The van der Waals surface area contributed by atoms with Crippen LogP contribution in [-0.4, -0.2) is 29.1 Å². The van der Waals surface area contributed by atoms with Gasteiger partial charge >= 0.3 is 0 Å². The Kier molecular flexibility index (Phi) is 3.65. The summed E-state index contributed by atoms with van der Waals surface area (Å²) in [7, 11) is 1.98. The Morgan fingerprint density at radius 3 is 2.56 bits per heavy atom. The molecule has 0 aliphatic heterocycles.